The first kappa shape index (κ1) is 15.1. The molecule has 0 aliphatic carbocycles. The fourth-order valence-corrected chi connectivity index (χ4v) is 2.27. The van der Waals surface area contributed by atoms with Crippen molar-refractivity contribution < 1.29 is 0 Å². The van der Waals surface area contributed by atoms with E-state index in [9.17, 15) is 0 Å². The number of hydrogen-bond donors (Lipinski definition) is 2. The summed E-state index contributed by atoms with van der Waals surface area (Å²) >= 11 is 17.3. The van der Waals surface area contributed by atoms with E-state index in [0.29, 0.717) is 16.7 Å². The number of benzene rings is 2. The maximum Gasteiger partial charge on any atom is 0.171 e. The number of nitrogens with one attached hydrogen (secondary N) is 2. The topological polar surface area (TPSA) is 24.1 Å². The molecule has 20 heavy (non-hydrogen) atoms. The molecule has 0 aliphatic heterocycles. The van der Waals surface area contributed by atoms with Gasteiger partial charge in [-0.25, -0.2) is 0 Å². The van der Waals surface area contributed by atoms with Crippen molar-refractivity contribution in [1.29, 1.82) is 0 Å². The van der Waals surface area contributed by atoms with E-state index >= 15 is 0 Å². The van der Waals surface area contributed by atoms with Crippen LogP contribution in [0.15, 0.2) is 42.5 Å². The third-order valence-corrected chi connectivity index (χ3v) is 3.70. The minimum absolute atomic E-state index is 0.537. The lowest BCUT2D eigenvalue weighted by atomic mass is 10.2. The van der Waals surface area contributed by atoms with E-state index in [2.05, 4.69) is 10.6 Å². The molecule has 0 radical (unpaired) electrons. The van der Waals surface area contributed by atoms with E-state index < -0.39 is 0 Å². The summed E-state index contributed by atoms with van der Waals surface area (Å²) in [6.45, 7) is 2.57. The maximum absolute atomic E-state index is 6.09. The van der Waals surface area contributed by atoms with Crippen molar-refractivity contribution in [2.24, 2.45) is 0 Å². The smallest absolute Gasteiger partial charge is 0.171 e. The molecular formula is C15H14Cl2N2S. The van der Waals surface area contributed by atoms with Crippen LogP contribution >= 0.6 is 35.4 Å². The number of halogens is 2. The fraction of sp³-hybridized carbons (Fsp3) is 0.133. The minimum Gasteiger partial charge on any atom is -0.358 e. The first-order chi connectivity index (χ1) is 9.56. The van der Waals surface area contributed by atoms with Crippen molar-refractivity contribution >= 4 is 46.2 Å². The third kappa shape index (κ3) is 4.10. The lowest BCUT2D eigenvalue weighted by Gasteiger charge is -2.13. The molecule has 2 aromatic rings. The quantitative estimate of drug-likeness (QED) is 0.794. The first-order valence-corrected chi connectivity index (χ1v) is 7.27. The Morgan fingerprint density at radius 2 is 1.90 bits per heavy atom. The predicted molar refractivity (Wildman–Crippen MR) is 90.7 cm³/mol. The van der Waals surface area contributed by atoms with E-state index in [1.165, 1.54) is 0 Å². The zero-order valence-corrected chi connectivity index (χ0v) is 13.2. The number of anilines is 1. The van der Waals surface area contributed by atoms with Gasteiger partial charge in [-0.3, -0.25) is 0 Å². The van der Waals surface area contributed by atoms with E-state index in [1.54, 1.807) is 0 Å². The van der Waals surface area contributed by atoms with Gasteiger partial charge in [0.25, 0.3) is 0 Å². The van der Waals surface area contributed by atoms with Gasteiger partial charge in [-0.05, 0) is 48.5 Å². The second-order valence-corrected chi connectivity index (χ2v) is 5.61. The lowest BCUT2D eigenvalue weighted by molar-refractivity contribution is 0.926. The average molecular weight is 325 g/mol. The summed E-state index contributed by atoms with van der Waals surface area (Å²) in [5.41, 5.74) is 2.98. The van der Waals surface area contributed by atoms with Gasteiger partial charge in [-0.15, -0.1) is 0 Å². The van der Waals surface area contributed by atoms with Crippen molar-refractivity contribution in [3.63, 3.8) is 0 Å². The Morgan fingerprint density at radius 1 is 1.15 bits per heavy atom. The van der Waals surface area contributed by atoms with Crippen molar-refractivity contribution in [2.45, 2.75) is 13.5 Å². The molecule has 0 unspecified atom stereocenters. The minimum atomic E-state index is 0.537. The summed E-state index contributed by atoms with van der Waals surface area (Å²) < 4.78 is 0. The zero-order valence-electron chi connectivity index (χ0n) is 10.9. The highest BCUT2D eigenvalue weighted by Crippen LogP contribution is 2.20. The number of rotatable bonds is 3. The Hall–Kier alpha value is -1.29. The van der Waals surface area contributed by atoms with Crippen LogP contribution in [0.1, 0.15) is 11.1 Å². The van der Waals surface area contributed by atoms with Gasteiger partial charge in [0, 0.05) is 22.3 Å². The van der Waals surface area contributed by atoms with Crippen molar-refractivity contribution in [2.75, 3.05) is 5.32 Å². The van der Waals surface area contributed by atoms with E-state index in [4.69, 9.17) is 35.4 Å². The Kier molecular flexibility index (Phi) is 5.24. The molecule has 2 rings (SSSR count). The van der Waals surface area contributed by atoms with E-state index in [-0.39, 0.29) is 0 Å². The SMILES string of the molecule is Cc1ccc(Cl)cc1NC(=S)NCc1ccccc1Cl. The van der Waals surface area contributed by atoms with Gasteiger partial charge >= 0.3 is 0 Å². The molecule has 0 heterocycles. The largest absolute Gasteiger partial charge is 0.358 e. The van der Waals surface area contributed by atoms with Crippen LogP contribution in [-0.2, 0) is 6.54 Å². The molecule has 0 fully saturated rings. The maximum atomic E-state index is 6.09. The normalized spacial score (nSPS) is 10.2. The molecule has 0 saturated carbocycles. The zero-order chi connectivity index (χ0) is 14.5. The summed E-state index contributed by atoms with van der Waals surface area (Å²) in [5.74, 6) is 0. The number of aryl methyl sites for hydroxylation is 1. The number of thiocarbonyl (C=S) groups is 1. The molecule has 0 aromatic heterocycles. The molecule has 0 saturated heterocycles. The van der Waals surface area contributed by atoms with Crippen LogP contribution in [0.25, 0.3) is 0 Å². The standard InChI is InChI=1S/C15H14Cl2N2S/c1-10-6-7-12(16)8-14(10)19-15(20)18-9-11-4-2-3-5-13(11)17/h2-8H,9H2,1H3,(H2,18,19,20). The Labute approximate surface area is 134 Å². The molecule has 0 aliphatic rings. The van der Waals surface area contributed by atoms with Crippen LogP contribution in [0.5, 0.6) is 0 Å². The van der Waals surface area contributed by atoms with Crippen molar-refractivity contribution in [1.82, 2.24) is 5.32 Å². The van der Waals surface area contributed by atoms with Crippen LogP contribution < -0.4 is 10.6 Å². The highest BCUT2D eigenvalue weighted by Gasteiger charge is 2.03. The molecule has 104 valence electrons. The molecule has 0 bridgehead atoms. The third-order valence-electron chi connectivity index (χ3n) is 2.85. The van der Waals surface area contributed by atoms with Crippen molar-refractivity contribution in [3.8, 4) is 0 Å². The van der Waals surface area contributed by atoms with Crippen LogP contribution in [0.3, 0.4) is 0 Å². The van der Waals surface area contributed by atoms with Gasteiger partial charge in [0.15, 0.2) is 5.11 Å². The van der Waals surface area contributed by atoms with Crippen molar-refractivity contribution in [3.05, 3.63) is 63.6 Å². The molecule has 2 N–H and O–H groups in total. The summed E-state index contributed by atoms with van der Waals surface area (Å²) in [5, 5.41) is 8.20. The summed E-state index contributed by atoms with van der Waals surface area (Å²) in [6, 6.07) is 13.3. The van der Waals surface area contributed by atoms with Crippen LogP contribution in [-0.4, -0.2) is 5.11 Å². The van der Waals surface area contributed by atoms with Crippen LogP contribution in [0.2, 0.25) is 10.0 Å². The fourth-order valence-electron chi connectivity index (χ4n) is 1.71. The van der Waals surface area contributed by atoms with Gasteiger partial charge in [-0.2, -0.15) is 0 Å². The monoisotopic (exact) mass is 324 g/mol. The molecule has 0 amide bonds. The summed E-state index contributed by atoms with van der Waals surface area (Å²) in [4.78, 5) is 0. The van der Waals surface area contributed by atoms with Crippen LogP contribution in [0, 0.1) is 6.92 Å². The lowest BCUT2D eigenvalue weighted by Crippen LogP contribution is -2.28. The molecule has 2 nitrogen and oxygen atoms in total. The number of hydrogen-bond acceptors (Lipinski definition) is 1. The summed E-state index contributed by atoms with van der Waals surface area (Å²) in [7, 11) is 0. The van der Waals surface area contributed by atoms with Gasteiger partial charge in [0.2, 0.25) is 0 Å². The highest BCUT2D eigenvalue weighted by atomic mass is 35.5. The van der Waals surface area contributed by atoms with Gasteiger partial charge < -0.3 is 10.6 Å². The van der Waals surface area contributed by atoms with Gasteiger partial charge in [0.05, 0.1) is 0 Å². The molecule has 2 aromatic carbocycles. The van der Waals surface area contributed by atoms with Gasteiger partial charge in [-0.1, -0.05) is 47.5 Å². The summed E-state index contributed by atoms with van der Waals surface area (Å²) in [6.07, 6.45) is 0. The molecular weight excluding hydrogens is 311 g/mol. The average Bonchev–Trinajstić information content (AvgIpc) is 2.42. The molecule has 0 atom stereocenters. The Bertz CT molecular complexity index is 629. The predicted octanol–water partition coefficient (Wildman–Crippen LogP) is 4.79. The first-order valence-electron chi connectivity index (χ1n) is 6.10. The van der Waals surface area contributed by atoms with E-state index in [0.717, 1.165) is 21.8 Å². The second-order valence-electron chi connectivity index (χ2n) is 4.36. The Morgan fingerprint density at radius 3 is 2.65 bits per heavy atom. The van der Waals surface area contributed by atoms with E-state index in [1.807, 2.05) is 49.4 Å². The highest BCUT2D eigenvalue weighted by molar-refractivity contribution is 7.80. The molecule has 5 heteroatoms. The second kappa shape index (κ2) is 6.93. The Balaban J connectivity index is 1.96. The van der Waals surface area contributed by atoms with Gasteiger partial charge in [0.1, 0.15) is 0 Å². The molecule has 0 spiro atoms. The van der Waals surface area contributed by atoms with Crippen LogP contribution in [0.4, 0.5) is 5.69 Å².